The van der Waals surface area contributed by atoms with Crippen LogP contribution in [0.3, 0.4) is 0 Å². The first-order valence-corrected chi connectivity index (χ1v) is 9.64. The average Bonchev–Trinajstić information content (AvgIpc) is 2.56. The largest absolute Gasteiger partial charge is 0.348 e. The van der Waals surface area contributed by atoms with Crippen LogP contribution in [0.4, 0.5) is 4.39 Å². The zero-order valence-electron chi connectivity index (χ0n) is 14.1. The Morgan fingerprint density at radius 2 is 1.72 bits per heavy atom. The number of rotatable bonds is 7. The lowest BCUT2D eigenvalue weighted by atomic mass is 10.1. The first-order valence-electron chi connectivity index (χ1n) is 7.79. The van der Waals surface area contributed by atoms with E-state index in [2.05, 4.69) is 5.32 Å². The standard InChI is InChI=1S/C18H21FN2O3S/c1-14(16-6-4-3-5-7-16)20-18(22)13-21(25(2,23)24)12-15-8-10-17(19)11-9-15/h3-11,14H,12-13H2,1-2H3,(H,20,22)/t14-/m0/s1. The molecule has 0 aliphatic rings. The SMILES string of the molecule is C[C@H](NC(=O)CN(Cc1ccc(F)cc1)S(C)(=O)=O)c1ccccc1. The van der Waals surface area contributed by atoms with Crippen LogP contribution in [0.5, 0.6) is 0 Å². The maximum atomic E-state index is 13.0. The maximum Gasteiger partial charge on any atom is 0.235 e. The molecule has 0 saturated heterocycles. The summed E-state index contributed by atoms with van der Waals surface area (Å²) in [5, 5.41) is 2.79. The van der Waals surface area contributed by atoms with Crippen LogP contribution in [0.25, 0.3) is 0 Å². The minimum absolute atomic E-state index is 0.00620. The fraction of sp³-hybridized carbons (Fsp3) is 0.278. The van der Waals surface area contributed by atoms with Gasteiger partial charge in [0.2, 0.25) is 15.9 Å². The highest BCUT2D eigenvalue weighted by Gasteiger charge is 2.21. The normalized spacial score (nSPS) is 12.8. The Kier molecular flexibility index (Phi) is 6.27. The minimum Gasteiger partial charge on any atom is -0.348 e. The molecule has 134 valence electrons. The molecule has 1 amide bonds. The fourth-order valence-electron chi connectivity index (χ4n) is 2.36. The molecule has 0 heterocycles. The van der Waals surface area contributed by atoms with E-state index in [1.807, 2.05) is 37.3 Å². The number of hydrogen-bond donors (Lipinski definition) is 1. The molecule has 2 aromatic rings. The number of halogens is 1. The van der Waals surface area contributed by atoms with Gasteiger partial charge in [0.25, 0.3) is 0 Å². The smallest absolute Gasteiger partial charge is 0.235 e. The Balaban J connectivity index is 2.04. The van der Waals surface area contributed by atoms with Gasteiger partial charge < -0.3 is 5.32 Å². The number of nitrogens with one attached hydrogen (secondary N) is 1. The summed E-state index contributed by atoms with van der Waals surface area (Å²) >= 11 is 0. The lowest BCUT2D eigenvalue weighted by molar-refractivity contribution is -0.122. The second-order valence-corrected chi connectivity index (χ2v) is 7.84. The highest BCUT2D eigenvalue weighted by atomic mass is 32.2. The van der Waals surface area contributed by atoms with Gasteiger partial charge in [-0.1, -0.05) is 42.5 Å². The average molecular weight is 364 g/mol. The third kappa shape index (κ3) is 5.95. The Hall–Kier alpha value is -2.25. The summed E-state index contributed by atoms with van der Waals surface area (Å²) in [6.45, 7) is 1.54. The van der Waals surface area contributed by atoms with Crippen LogP contribution in [0, 0.1) is 5.82 Å². The molecule has 1 atom stereocenters. The predicted molar refractivity (Wildman–Crippen MR) is 94.7 cm³/mol. The van der Waals surface area contributed by atoms with E-state index in [0.717, 1.165) is 16.1 Å². The number of hydrogen-bond acceptors (Lipinski definition) is 3. The number of amides is 1. The van der Waals surface area contributed by atoms with Crippen LogP contribution in [0.2, 0.25) is 0 Å². The maximum absolute atomic E-state index is 13.0. The van der Waals surface area contributed by atoms with E-state index in [0.29, 0.717) is 5.56 Å². The van der Waals surface area contributed by atoms with Crippen LogP contribution < -0.4 is 5.32 Å². The second kappa shape index (κ2) is 8.22. The van der Waals surface area contributed by atoms with Gasteiger partial charge in [-0.2, -0.15) is 4.31 Å². The van der Waals surface area contributed by atoms with Crippen molar-refractivity contribution in [1.82, 2.24) is 9.62 Å². The summed E-state index contributed by atoms with van der Waals surface area (Å²) in [4.78, 5) is 12.3. The van der Waals surface area contributed by atoms with Gasteiger partial charge in [-0.3, -0.25) is 4.79 Å². The quantitative estimate of drug-likeness (QED) is 0.821. The van der Waals surface area contributed by atoms with Crippen LogP contribution in [-0.2, 0) is 21.4 Å². The van der Waals surface area contributed by atoms with Gasteiger partial charge in [-0.05, 0) is 30.2 Å². The molecule has 0 spiro atoms. The zero-order valence-corrected chi connectivity index (χ0v) is 15.0. The minimum atomic E-state index is -3.59. The van der Waals surface area contributed by atoms with E-state index in [-0.39, 0.29) is 19.1 Å². The fourth-order valence-corrected chi connectivity index (χ4v) is 3.09. The van der Waals surface area contributed by atoms with E-state index < -0.39 is 21.7 Å². The molecule has 0 radical (unpaired) electrons. The van der Waals surface area contributed by atoms with E-state index in [9.17, 15) is 17.6 Å². The number of benzene rings is 2. The molecule has 7 heteroatoms. The van der Waals surface area contributed by atoms with Crippen molar-refractivity contribution in [2.45, 2.75) is 19.5 Å². The van der Waals surface area contributed by atoms with Crippen molar-refractivity contribution in [2.75, 3.05) is 12.8 Å². The summed E-state index contributed by atoms with van der Waals surface area (Å²) in [6, 6.07) is 14.7. The van der Waals surface area contributed by atoms with Crippen molar-refractivity contribution < 1.29 is 17.6 Å². The zero-order chi connectivity index (χ0) is 18.4. The molecule has 0 aliphatic carbocycles. The van der Waals surface area contributed by atoms with Gasteiger partial charge in [0, 0.05) is 6.54 Å². The Labute approximate surface area is 147 Å². The molecule has 0 fully saturated rings. The van der Waals surface area contributed by atoms with Crippen molar-refractivity contribution >= 4 is 15.9 Å². The highest BCUT2D eigenvalue weighted by molar-refractivity contribution is 7.88. The highest BCUT2D eigenvalue weighted by Crippen LogP contribution is 2.13. The summed E-state index contributed by atoms with van der Waals surface area (Å²) in [6.07, 6.45) is 1.05. The lowest BCUT2D eigenvalue weighted by Crippen LogP contribution is -2.40. The van der Waals surface area contributed by atoms with E-state index in [4.69, 9.17) is 0 Å². The molecule has 2 aromatic carbocycles. The van der Waals surface area contributed by atoms with Gasteiger partial charge >= 0.3 is 0 Å². The van der Waals surface area contributed by atoms with Gasteiger partial charge in [0.05, 0.1) is 18.8 Å². The number of carbonyl (C=O) groups is 1. The van der Waals surface area contributed by atoms with Crippen molar-refractivity contribution in [3.05, 3.63) is 71.5 Å². The van der Waals surface area contributed by atoms with Crippen molar-refractivity contribution in [3.63, 3.8) is 0 Å². The molecule has 1 N–H and O–H groups in total. The third-order valence-electron chi connectivity index (χ3n) is 3.74. The topological polar surface area (TPSA) is 66.5 Å². The molecular weight excluding hydrogens is 343 g/mol. The third-order valence-corrected chi connectivity index (χ3v) is 4.93. The van der Waals surface area contributed by atoms with E-state index in [1.54, 1.807) is 0 Å². The molecule has 25 heavy (non-hydrogen) atoms. The molecule has 0 bridgehead atoms. The van der Waals surface area contributed by atoms with Crippen molar-refractivity contribution in [1.29, 1.82) is 0 Å². The summed E-state index contributed by atoms with van der Waals surface area (Å²) in [5.74, 6) is -0.798. The first kappa shape index (κ1) is 19.1. The molecule has 0 saturated carbocycles. The van der Waals surface area contributed by atoms with E-state index in [1.165, 1.54) is 24.3 Å². The molecule has 2 rings (SSSR count). The first-order chi connectivity index (χ1) is 11.8. The van der Waals surface area contributed by atoms with Gasteiger partial charge in [0.1, 0.15) is 5.82 Å². The molecule has 0 unspecified atom stereocenters. The molecular formula is C18H21FN2O3S. The number of sulfonamides is 1. The second-order valence-electron chi connectivity index (χ2n) is 5.86. The van der Waals surface area contributed by atoms with Crippen LogP contribution in [-0.4, -0.2) is 31.4 Å². The predicted octanol–water partition coefficient (Wildman–Crippen LogP) is 2.46. The van der Waals surface area contributed by atoms with Crippen LogP contribution in [0.1, 0.15) is 24.1 Å². The van der Waals surface area contributed by atoms with Gasteiger partial charge in [-0.25, -0.2) is 12.8 Å². The van der Waals surface area contributed by atoms with Crippen LogP contribution in [0.15, 0.2) is 54.6 Å². The van der Waals surface area contributed by atoms with Crippen molar-refractivity contribution in [2.24, 2.45) is 0 Å². The van der Waals surface area contributed by atoms with E-state index >= 15 is 0 Å². The summed E-state index contributed by atoms with van der Waals surface area (Å²) in [5.41, 5.74) is 1.54. The summed E-state index contributed by atoms with van der Waals surface area (Å²) < 4.78 is 38.0. The number of carbonyl (C=O) groups excluding carboxylic acids is 1. The van der Waals surface area contributed by atoms with Crippen LogP contribution >= 0.6 is 0 Å². The monoisotopic (exact) mass is 364 g/mol. The summed E-state index contributed by atoms with van der Waals surface area (Å²) in [7, 11) is -3.59. The van der Waals surface area contributed by atoms with Gasteiger partial charge in [0.15, 0.2) is 0 Å². The Bertz CT molecular complexity index is 808. The van der Waals surface area contributed by atoms with Crippen molar-refractivity contribution in [3.8, 4) is 0 Å². The lowest BCUT2D eigenvalue weighted by Gasteiger charge is -2.21. The Morgan fingerprint density at radius 3 is 2.28 bits per heavy atom. The number of nitrogens with zero attached hydrogens (tertiary/aromatic N) is 1. The van der Waals surface area contributed by atoms with Gasteiger partial charge in [-0.15, -0.1) is 0 Å². The Morgan fingerprint density at radius 1 is 1.12 bits per heavy atom. The molecule has 0 aromatic heterocycles. The molecule has 5 nitrogen and oxygen atoms in total. The molecule has 0 aliphatic heterocycles.